The third-order valence-electron chi connectivity index (χ3n) is 0.502. The highest BCUT2D eigenvalue weighted by Crippen LogP contribution is 1.78. The van der Waals surface area contributed by atoms with Gasteiger partial charge in [-0.3, -0.25) is 0 Å². The van der Waals surface area contributed by atoms with Crippen molar-refractivity contribution in [3.05, 3.63) is 38.2 Å². The van der Waals surface area contributed by atoms with Crippen LogP contribution in [0.15, 0.2) is 38.2 Å². The molecular formula is C8H12O2. The van der Waals surface area contributed by atoms with E-state index >= 15 is 0 Å². The van der Waals surface area contributed by atoms with E-state index in [4.69, 9.17) is 0 Å². The molecule has 0 N–H and O–H groups in total. The Morgan fingerprint density at radius 3 is 2.30 bits per heavy atom. The summed E-state index contributed by atoms with van der Waals surface area (Å²) in [6, 6.07) is 0. The van der Waals surface area contributed by atoms with E-state index in [1.54, 1.807) is 13.0 Å². The summed E-state index contributed by atoms with van der Waals surface area (Å²) in [5.74, 6) is -0.387. The van der Waals surface area contributed by atoms with Crippen LogP contribution in [0.25, 0.3) is 0 Å². The van der Waals surface area contributed by atoms with Crippen molar-refractivity contribution in [1.29, 1.82) is 0 Å². The SMILES string of the molecule is C=C.C=COC(=O)C=CC. The first-order valence-corrected chi connectivity index (χ1v) is 2.75. The minimum Gasteiger partial charge on any atom is -0.432 e. The maximum Gasteiger partial charge on any atom is 0.335 e. The molecule has 0 aliphatic carbocycles. The Balaban J connectivity index is 0. The zero-order chi connectivity index (χ0) is 8.41. The molecule has 2 nitrogen and oxygen atoms in total. The van der Waals surface area contributed by atoms with Crippen molar-refractivity contribution in [2.75, 3.05) is 0 Å². The average molecular weight is 140 g/mol. The molecule has 0 aromatic heterocycles. The molecule has 0 amide bonds. The van der Waals surface area contributed by atoms with Crippen molar-refractivity contribution in [1.82, 2.24) is 0 Å². The maximum atomic E-state index is 10.3. The normalized spacial score (nSPS) is 7.70. The fourth-order valence-electron chi connectivity index (χ4n) is 0.257. The summed E-state index contributed by atoms with van der Waals surface area (Å²) in [5.41, 5.74) is 0. The van der Waals surface area contributed by atoms with Crippen LogP contribution in [0.3, 0.4) is 0 Å². The standard InChI is InChI=1S/C6H8O2.C2H4/c1-3-5-6(7)8-4-2;1-2/h3-5H,2H2,1H3;1-2H2. The van der Waals surface area contributed by atoms with Gasteiger partial charge < -0.3 is 4.74 Å². The lowest BCUT2D eigenvalue weighted by atomic mass is 10.5. The molecule has 0 aromatic carbocycles. The largest absolute Gasteiger partial charge is 0.432 e. The highest BCUT2D eigenvalue weighted by Gasteiger charge is 1.86. The van der Waals surface area contributed by atoms with E-state index in [9.17, 15) is 4.79 Å². The van der Waals surface area contributed by atoms with Gasteiger partial charge in [-0.2, -0.15) is 0 Å². The molecular weight excluding hydrogens is 128 g/mol. The summed E-state index contributed by atoms with van der Waals surface area (Å²) in [6.07, 6.45) is 4.02. The first-order chi connectivity index (χ1) is 4.81. The molecule has 0 heterocycles. The molecule has 0 saturated carbocycles. The number of hydrogen-bond donors (Lipinski definition) is 0. The Morgan fingerprint density at radius 2 is 2.00 bits per heavy atom. The van der Waals surface area contributed by atoms with Crippen molar-refractivity contribution < 1.29 is 9.53 Å². The zero-order valence-electron chi connectivity index (χ0n) is 6.17. The van der Waals surface area contributed by atoms with Gasteiger partial charge in [-0.25, -0.2) is 4.79 Å². The number of carbonyl (C=O) groups excluding carboxylic acids is 1. The first kappa shape index (κ1) is 11.5. The van der Waals surface area contributed by atoms with Crippen LogP contribution < -0.4 is 0 Å². The number of rotatable bonds is 2. The summed E-state index contributed by atoms with van der Waals surface area (Å²) in [5, 5.41) is 0. The second-order valence-electron chi connectivity index (χ2n) is 1.10. The minimum absolute atomic E-state index is 0.387. The van der Waals surface area contributed by atoms with Gasteiger partial charge in [0.25, 0.3) is 0 Å². The summed E-state index contributed by atoms with van der Waals surface area (Å²) in [7, 11) is 0. The number of esters is 1. The maximum absolute atomic E-state index is 10.3. The van der Waals surface area contributed by atoms with Gasteiger partial charge in [0.1, 0.15) is 0 Å². The topological polar surface area (TPSA) is 26.3 Å². The van der Waals surface area contributed by atoms with Crippen molar-refractivity contribution in [2.45, 2.75) is 6.92 Å². The van der Waals surface area contributed by atoms with Gasteiger partial charge in [0.15, 0.2) is 0 Å². The molecule has 0 spiro atoms. The molecule has 0 rings (SSSR count). The molecule has 0 saturated heterocycles. The molecule has 0 unspecified atom stereocenters. The number of ether oxygens (including phenoxy) is 1. The van der Waals surface area contributed by atoms with Crippen LogP contribution in [-0.2, 0) is 9.53 Å². The number of carbonyl (C=O) groups is 1. The third-order valence-corrected chi connectivity index (χ3v) is 0.502. The van der Waals surface area contributed by atoms with E-state index in [2.05, 4.69) is 24.5 Å². The quantitative estimate of drug-likeness (QED) is 0.254. The smallest absolute Gasteiger partial charge is 0.335 e. The molecule has 0 radical (unpaired) electrons. The molecule has 0 fully saturated rings. The Labute approximate surface area is 61.5 Å². The highest BCUT2D eigenvalue weighted by atomic mass is 16.5. The second kappa shape index (κ2) is 10.6. The molecule has 56 valence electrons. The van der Waals surface area contributed by atoms with Crippen molar-refractivity contribution in [3.8, 4) is 0 Å². The molecule has 10 heavy (non-hydrogen) atoms. The van der Waals surface area contributed by atoms with E-state index in [0.29, 0.717) is 0 Å². The minimum atomic E-state index is -0.387. The van der Waals surface area contributed by atoms with Crippen molar-refractivity contribution in [3.63, 3.8) is 0 Å². The Bertz CT molecular complexity index is 125. The van der Waals surface area contributed by atoms with Crippen LogP contribution in [-0.4, -0.2) is 5.97 Å². The third kappa shape index (κ3) is 9.85. The molecule has 2 heteroatoms. The van der Waals surface area contributed by atoms with Crippen LogP contribution in [0.5, 0.6) is 0 Å². The van der Waals surface area contributed by atoms with Crippen LogP contribution in [0.2, 0.25) is 0 Å². The molecule has 0 aromatic rings. The predicted molar refractivity (Wildman–Crippen MR) is 42.4 cm³/mol. The van der Waals surface area contributed by atoms with E-state index in [1.165, 1.54) is 6.08 Å². The summed E-state index contributed by atoms with van der Waals surface area (Å²) >= 11 is 0. The molecule has 0 aliphatic rings. The lowest BCUT2D eigenvalue weighted by Gasteiger charge is -1.86. The zero-order valence-corrected chi connectivity index (χ0v) is 6.17. The van der Waals surface area contributed by atoms with Gasteiger partial charge in [0.05, 0.1) is 6.26 Å². The summed E-state index contributed by atoms with van der Waals surface area (Å²) < 4.78 is 4.32. The van der Waals surface area contributed by atoms with Crippen molar-refractivity contribution >= 4 is 5.97 Å². The van der Waals surface area contributed by atoms with E-state index in [-0.39, 0.29) is 5.97 Å². The lowest BCUT2D eigenvalue weighted by molar-refractivity contribution is -0.132. The Kier molecular flexibility index (Phi) is 12.2. The Hall–Kier alpha value is -1.31. The molecule has 0 aliphatic heterocycles. The van der Waals surface area contributed by atoms with Gasteiger partial charge in [-0.05, 0) is 6.92 Å². The summed E-state index contributed by atoms with van der Waals surface area (Å²) in [4.78, 5) is 10.3. The van der Waals surface area contributed by atoms with Crippen LogP contribution in [0, 0.1) is 0 Å². The van der Waals surface area contributed by atoms with Crippen LogP contribution >= 0.6 is 0 Å². The van der Waals surface area contributed by atoms with Gasteiger partial charge >= 0.3 is 5.97 Å². The monoisotopic (exact) mass is 140 g/mol. The lowest BCUT2D eigenvalue weighted by Crippen LogP contribution is -1.91. The molecule has 0 bridgehead atoms. The van der Waals surface area contributed by atoms with Gasteiger partial charge in [0.2, 0.25) is 0 Å². The average Bonchev–Trinajstić information content (AvgIpc) is 1.93. The van der Waals surface area contributed by atoms with Gasteiger partial charge in [-0.15, -0.1) is 13.2 Å². The van der Waals surface area contributed by atoms with E-state index < -0.39 is 0 Å². The first-order valence-electron chi connectivity index (χ1n) is 2.75. The second-order valence-corrected chi connectivity index (χ2v) is 1.10. The predicted octanol–water partition coefficient (Wildman–Crippen LogP) is 2.05. The molecule has 0 atom stereocenters. The van der Waals surface area contributed by atoms with Gasteiger partial charge in [-0.1, -0.05) is 12.7 Å². The number of allylic oxidation sites excluding steroid dienone is 1. The van der Waals surface area contributed by atoms with E-state index in [1.807, 2.05) is 0 Å². The van der Waals surface area contributed by atoms with E-state index in [0.717, 1.165) is 6.26 Å². The van der Waals surface area contributed by atoms with Crippen LogP contribution in [0.4, 0.5) is 0 Å². The summed E-state index contributed by atoms with van der Waals surface area (Å²) in [6.45, 7) is 10.9. The van der Waals surface area contributed by atoms with Crippen LogP contribution in [0.1, 0.15) is 6.92 Å². The Morgan fingerprint density at radius 1 is 1.50 bits per heavy atom. The fraction of sp³-hybridized carbons (Fsp3) is 0.125. The van der Waals surface area contributed by atoms with Crippen molar-refractivity contribution in [2.24, 2.45) is 0 Å². The fourth-order valence-corrected chi connectivity index (χ4v) is 0.257. The highest BCUT2D eigenvalue weighted by molar-refractivity contribution is 5.82. The van der Waals surface area contributed by atoms with Gasteiger partial charge in [0, 0.05) is 6.08 Å². The number of hydrogen-bond acceptors (Lipinski definition) is 2.